The summed E-state index contributed by atoms with van der Waals surface area (Å²) in [6.45, 7) is 2.22. The first-order valence-electron chi connectivity index (χ1n) is 7.33. The van der Waals surface area contributed by atoms with Gasteiger partial charge in [0.05, 0.1) is 16.0 Å². The Bertz CT molecular complexity index is 583. The molecule has 21 heavy (non-hydrogen) atoms. The van der Waals surface area contributed by atoms with E-state index in [-0.39, 0.29) is 23.0 Å². The first-order chi connectivity index (χ1) is 9.70. The smallest absolute Gasteiger partial charge is 0.271 e. The lowest BCUT2D eigenvalue weighted by molar-refractivity contribution is -0.384. The second-order valence-corrected chi connectivity index (χ2v) is 5.16. The van der Waals surface area contributed by atoms with Crippen molar-refractivity contribution in [3.05, 3.63) is 34.1 Å². The standard InChI is InChI=1S/C15H21N3O2.ClH/c1-2-3-4-5-6-7-8-15-16-13-10-9-12(18(19)20)11-14(13)17-15;/h9-11H,2-8H2,1H3,(H,16,17);1H. The lowest BCUT2D eigenvalue weighted by atomic mass is 10.1. The monoisotopic (exact) mass is 311 g/mol. The summed E-state index contributed by atoms with van der Waals surface area (Å²) in [7, 11) is 0. The highest BCUT2D eigenvalue weighted by Crippen LogP contribution is 2.19. The van der Waals surface area contributed by atoms with Gasteiger partial charge in [0.25, 0.3) is 5.69 Å². The summed E-state index contributed by atoms with van der Waals surface area (Å²) in [6, 6.07) is 4.75. The zero-order valence-corrected chi connectivity index (χ0v) is 13.1. The van der Waals surface area contributed by atoms with Crippen molar-refractivity contribution < 1.29 is 4.92 Å². The van der Waals surface area contributed by atoms with E-state index < -0.39 is 0 Å². The molecule has 0 bridgehead atoms. The van der Waals surface area contributed by atoms with Crippen LogP contribution in [0, 0.1) is 10.1 Å². The number of H-pyrrole nitrogens is 1. The summed E-state index contributed by atoms with van der Waals surface area (Å²) in [5, 5.41) is 10.7. The molecule has 0 aliphatic carbocycles. The summed E-state index contributed by atoms with van der Waals surface area (Å²) in [6.07, 6.45) is 8.41. The molecule has 0 atom stereocenters. The Hall–Kier alpha value is -1.62. The quantitative estimate of drug-likeness (QED) is 0.432. The molecule has 0 amide bonds. The van der Waals surface area contributed by atoms with Gasteiger partial charge in [-0.05, 0) is 12.5 Å². The van der Waals surface area contributed by atoms with Gasteiger partial charge in [0.1, 0.15) is 5.82 Å². The van der Waals surface area contributed by atoms with Crippen molar-refractivity contribution >= 4 is 29.1 Å². The summed E-state index contributed by atoms with van der Waals surface area (Å²) >= 11 is 0. The molecule has 0 unspecified atom stereocenters. The number of unbranched alkanes of at least 4 members (excludes halogenated alkanes) is 5. The van der Waals surface area contributed by atoms with Crippen molar-refractivity contribution in [2.45, 2.75) is 51.9 Å². The van der Waals surface area contributed by atoms with Gasteiger partial charge in [-0.15, -0.1) is 12.4 Å². The number of fused-ring (bicyclic) bond motifs is 1. The molecular weight excluding hydrogens is 290 g/mol. The predicted octanol–water partition coefficient (Wildman–Crippen LogP) is 4.80. The molecule has 0 saturated heterocycles. The summed E-state index contributed by atoms with van der Waals surface area (Å²) < 4.78 is 0. The SMILES string of the molecule is CCCCCCCCc1nc2ccc([N+](=O)[O-])cc2[nH]1.Cl. The molecule has 1 aromatic heterocycles. The van der Waals surface area contributed by atoms with Gasteiger partial charge in [-0.25, -0.2) is 4.98 Å². The average Bonchev–Trinajstić information content (AvgIpc) is 2.84. The molecule has 2 rings (SSSR count). The molecule has 0 saturated carbocycles. The lowest BCUT2D eigenvalue weighted by Gasteiger charge is -1.98. The summed E-state index contributed by atoms with van der Waals surface area (Å²) in [5.41, 5.74) is 1.66. The van der Waals surface area contributed by atoms with E-state index in [0.717, 1.165) is 29.7 Å². The molecule has 1 aromatic carbocycles. The van der Waals surface area contributed by atoms with E-state index in [0.29, 0.717) is 0 Å². The third-order valence-electron chi connectivity index (χ3n) is 3.49. The zero-order valence-electron chi connectivity index (χ0n) is 12.3. The van der Waals surface area contributed by atoms with Crippen molar-refractivity contribution in [2.75, 3.05) is 0 Å². The fourth-order valence-corrected chi connectivity index (χ4v) is 2.36. The highest BCUT2D eigenvalue weighted by molar-refractivity contribution is 5.85. The van der Waals surface area contributed by atoms with Gasteiger partial charge in [0.15, 0.2) is 0 Å². The van der Waals surface area contributed by atoms with Crippen LogP contribution in [-0.4, -0.2) is 14.9 Å². The van der Waals surface area contributed by atoms with Crippen LogP contribution >= 0.6 is 12.4 Å². The van der Waals surface area contributed by atoms with Crippen molar-refractivity contribution in [2.24, 2.45) is 0 Å². The Morgan fingerprint density at radius 3 is 2.62 bits per heavy atom. The van der Waals surface area contributed by atoms with Gasteiger partial charge >= 0.3 is 0 Å². The van der Waals surface area contributed by atoms with E-state index >= 15 is 0 Å². The van der Waals surface area contributed by atoms with Gasteiger partial charge in [0.2, 0.25) is 0 Å². The molecule has 1 N–H and O–H groups in total. The maximum absolute atomic E-state index is 10.7. The minimum absolute atomic E-state index is 0. The number of nitro groups is 1. The molecule has 0 spiro atoms. The number of rotatable bonds is 8. The number of halogens is 1. The van der Waals surface area contributed by atoms with Gasteiger partial charge in [0, 0.05) is 18.6 Å². The van der Waals surface area contributed by atoms with Crippen molar-refractivity contribution in [3.63, 3.8) is 0 Å². The summed E-state index contributed by atoms with van der Waals surface area (Å²) in [5.74, 6) is 0.927. The van der Waals surface area contributed by atoms with Gasteiger partial charge in [-0.3, -0.25) is 10.1 Å². The van der Waals surface area contributed by atoms with Crippen LogP contribution < -0.4 is 0 Å². The van der Waals surface area contributed by atoms with Crippen LogP contribution in [0.25, 0.3) is 11.0 Å². The first kappa shape index (κ1) is 17.4. The third-order valence-corrected chi connectivity index (χ3v) is 3.49. The normalized spacial score (nSPS) is 10.5. The molecule has 6 heteroatoms. The predicted molar refractivity (Wildman–Crippen MR) is 87.1 cm³/mol. The fourth-order valence-electron chi connectivity index (χ4n) is 2.36. The van der Waals surface area contributed by atoms with Gasteiger partial charge in [-0.1, -0.05) is 39.0 Å². The van der Waals surface area contributed by atoms with Crippen LogP contribution in [0.5, 0.6) is 0 Å². The highest BCUT2D eigenvalue weighted by atomic mass is 35.5. The van der Waals surface area contributed by atoms with E-state index in [1.807, 2.05) is 0 Å². The molecule has 5 nitrogen and oxygen atoms in total. The molecule has 0 fully saturated rings. The van der Waals surface area contributed by atoms with E-state index in [1.165, 1.54) is 38.2 Å². The van der Waals surface area contributed by atoms with Crippen LogP contribution in [0.15, 0.2) is 18.2 Å². The second-order valence-electron chi connectivity index (χ2n) is 5.16. The van der Waals surface area contributed by atoms with Crippen molar-refractivity contribution in [1.29, 1.82) is 0 Å². The number of aromatic nitrogens is 2. The Balaban J connectivity index is 0.00000220. The lowest BCUT2D eigenvalue weighted by Crippen LogP contribution is -1.88. The number of aryl methyl sites for hydroxylation is 1. The Morgan fingerprint density at radius 1 is 1.19 bits per heavy atom. The minimum atomic E-state index is -0.381. The van der Waals surface area contributed by atoms with Crippen molar-refractivity contribution in [3.8, 4) is 0 Å². The molecule has 2 aromatic rings. The highest BCUT2D eigenvalue weighted by Gasteiger charge is 2.09. The number of benzene rings is 1. The Morgan fingerprint density at radius 2 is 1.90 bits per heavy atom. The van der Waals surface area contributed by atoms with Gasteiger partial charge < -0.3 is 4.98 Å². The Kier molecular flexibility index (Phi) is 7.15. The van der Waals surface area contributed by atoms with E-state index in [1.54, 1.807) is 12.1 Å². The number of non-ortho nitro benzene ring substituents is 1. The molecule has 0 aliphatic rings. The maximum atomic E-state index is 10.7. The van der Waals surface area contributed by atoms with E-state index in [2.05, 4.69) is 16.9 Å². The fraction of sp³-hybridized carbons (Fsp3) is 0.533. The molecule has 116 valence electrons. The number of nitrogens with zero attached hydrogens (tertiary/aromatic N) is 2. The first-order valence-corrected chi connectivity index (χ1v) is 7.33. The number of aromatic amines is 1. The average molecular weight is 312 g/mol. The summed E-state index contributed by atoms with van der Waals surface area (Å²) in [4.78, 5) is 18.0. The van der Waals surface area contributed by atoms with Gasteiger partial charge in [-0.2, -0.15) is 0 Å². The van der Waals surface area contributed by atoms with E-state index in [4.69, 9.17) is 0 Å². The topological polar surface area (TPSA) is 71.8 Å². The van der Waals surface area contributed by atoms with Crippen LogP contribution in [0.3, 0.4) is 0 Å². The number of nitro benzene ring substituents is 1. The Labute approximate surface area is 130 Å². The molecule has 1 heterocycles. The largest absolute Gasteiger partial charge is 0.342 e. The molecule has 0 radical (unpaired) electrons. The van der Waals surface area contributed by atoms with Crippen LogP contribution in [-0.2, 0) is 6.42 Å². The van der Waals surface area contributed by atoms with Crippen LogP contribution in [0.1, 0.15) is 51.3 Å². The maximum Gasteiger partial charge on any atom is 0.271 e. The minimum Gasteiger partial charge on any atom is -0.342 e. The zero-order chi connectivity index (χ0) is 14.4. The third kappa shape index (κ3) is 5.01. The van der Waals surface area contributed by atoms with Crippen LogP contribution in [0.2, 0.25) is 0 Å². The van der Waals surface area contributed by atoms with Crippen molar-refractivity contribution in [1.82, 2.24) is 9.97 Å². The number of hydrogen-bond acceptors (Lipinski definition) is 3. The number of nitrogens with one attached hydrogen (secondary N) is 1. The van der Waals surface area contributed by atoms with Crippen LogP contribution in [0.4, 0.5) is 5.69 Å². The number of hydrogen-bond donors (Lipinski definition) is 1. The van der Waals surface area contributed by atoms with E-state index in [9.17, 15) is 10.1 Å². The molecule has 0 aliphatic heterocycles. The second kappa shape index (κ2) is 8.62. The number of imidazole rings is 1. The molecular formula is C15H22ClN3O2.